The van der Waals surface area contributed by atoms with E-state index in [4.69, 9.17) is 9.47 Å². The molecule has 1 saturated heterocycles. The molecule has 5 rings (SSSR count). The first kappa shape index (κ1) is 34.6. The standard InChI is InChI=1S/C37H45N5O6/c1-6-7-15-37(24-44,42-18-16-40(3)17-19-42)48-34-20-25(2)11-14-32(34)41(4)36(46)26-12-13-31(33(21-26)47-5)39-35(45)28-9-8-10-30-29(28)22-27(23-43)38-30/h8-14,20-22,24,38,43H,6-7,15-19,23H2,1-5H3,(H,39,45). The van der Waals surface area contributed by atoms with Crippen molar-refractivity contribution in [2.75, 3.05) is 57.6 Å². The third kappa shape index (κ3) is 7.23. The number of hydrogen-bond acceptors (Lipinski definition) is 8. The lowest BCUT2D eigenvalue weighted by Crippen LogP contribution is -2.60. The SMILES string of the molecule is CCCCC(C=O)(Oc1cc(C)ccc1N(C)C(=O)c1ccc(NC(=O)c2cccc3[nH]c(CO)cc23)c(OC)c1)N1CCN(C)CC1. The molecular formula is C37H45N5O6. The minimum absolute atomic E-state index is 0.170. The van der Waals surface area contributed by atoms with E-state index in [-0.39, 0.29) is 18.4 Å². The molecule has 0 bridgehead atoms. The molecule has 4 aromatic rings. The normalized spacial score (nSPS) is 15.1. The van der Waals surface area contributed by atoms with Crippen molar-refractivity contribution in [2.24, 2.45) is 0 Å². The van der Waals surface area contributed by atoms with E-state index in [1.54, 1.807) is 43.4 Å². The summed E-state index contributed by atoms with van der Waals surface area (Å²) in [6.45, 7) is 6.91. The fourth-order valence-electron chi connectivity index (χ4n) is 6.13. The van der Waals surface area contributed by atoms with Gasteiger partial charge in [-0.15, -0.1) is 0 Å². The summed E-state index contributed by atoms with van der Waals surface area (Å²) in [5.74, 6) is 0.0856. The minimum Gasteiger partial charge on any atom is -0.495 e. The maximum absolute atomic E-state index is 13.9. The van der Waals surface area contributed by atoms with Crippen LogP contribution in [-0.4, -0.2) is 91.1 Å². The summed E-state index contributed by atoms with van der Waals surface area (Å²) in [7, 11) is 5.22. The van der Waals surface area contributed by atoms with Gasteiger partial charge in [0.05, 0.1) is 25.1 Å². The first-order valence-corrected chi connectivity index (χ1v) is 16.3. The molecule has 11 heteroatoms. The average Bonchev–Trinajstić information content (AvgIpc) is 3.54. The number of nitrogens with zero attached hydrogens (tertiary/aromatic N) is 3. The van der Waals surface area contributed by atoms with Crippen LogP contribution in [-0.2, 0) is 11.4 Å². The second-order valence-electron chi connectivity index (χ2n) is 12.4. The Morgan fingerprint density at radius 2 is 1.83 bits per heavy atom. The summed E-state index contributed by atoms with van der Waals surface area (Å²) in [5.41, 5.74) is 2.82. The molecule has 48 heavy (non-hydrogen) atoms. The number of aliphatic hydroxyl groups is 1. The monoisotopic (exact) mass is 655 g/mol. The van der Waals surface area contributed by atoms with Crippen molar-refractivity contribution >= 4 is 40.4 Å². The predicted octanol–water partition coefficient (Wildman–Crippen LogP) is 5.22. The Morgan fingerprint density at radius 3 is 2.52 bits per heavy atom. The van der Waals surface area contributed by atoms with Crippen LogP contribution in [0, 0.1) is 6.92 Å². The Morgan fingerprint density at radius 1 is 1.06 bits per heavy atom. The number of benzene rings is 3. The second kappa shape index (κ2) is 15.0. The van der Waals surface area contributed by atoms with Crippen LogP contribution in [0.3, 0.4) is 0 Å². The summed E-state index contributed by atoms with van der Waals surface area (Å²) in [6.07, 6.45) is 3.18. The van der Waals surface area contributed by atoms with Crippen LogP contribution in [0.4, 0.5) is 11.4 Å². The van der Waals surface area contributed by atoms with Crippen LogP contribution in [0.1, 0.15) is 58.2 Å². The molecule has 1 unspecified atom stereocenters. The topological polar surface area (TPSA) is 127 Å². The highest BCUT2D eigenvalue weighted by Gasteiger charge is 2.41. The number of carbonyl (C=O) groups is 3. The number of nitrogens with one attached hydrogen (secondary N) is 2. The van der Waals surface area contributed by atoms with E-state index in [2.05, 4.69) is 34.1 Å². The zero-order chi connectivity index (χ0) is 34.4. The summed E-state index contributed by atoms with van der Waals surface area (Å²) in [4.78, 5) is 49.1. The molecule has 11 nitrogen and oxygen atoms in total. The molecule has 1 atom stereocenters. The molecule has 0 radical (unpaired) electrons. The van der Waals surface area contributed by atoms with E-state index in [9.17, 15) is 19.5 Å². The lowest BCUT2D eigenvalue weighted by molar-refractivity contribution is -0.146. The van der Waals surface area contributed by atoms with Gasteiger partial charge in [0.2, 0.25) is 5.72 Å². The number of unbranched alkanes of at least 4 members (excludes halogenated alkanes) is 1. The number of aromatic nitrogens is 1. The number of methoxy groups -OCH3 is 1. The summed E-state index contributed by atoms with van der Waals surface area (Å²) >= 11 is 0. The van der Waals surface area contributed by atoms with Crippen molar-refractivity contribution in [2.45, 2.75) is 45.4 Å². The molecule has 1 aliphatic rings. The zero-order valence-corrected chi connectivity index (χ0v) is 28.3. The van der Waals surface area contributed by atoms with Crippen molar-refractivity contribution in [1.29, 1.82) is 0 Å². The molecule has 1 aliphatic heterocycles. The quantitative estimate of drug-likeness (QED) is 0.168. The van der Waals surface area contributed by atoms with Crippen LogP contribution < -0.4 is 19.7 Å². The number of aromatic amines is 1. The highest BCUT2D eigenvalue weighted by molar-refractivity contribution is 6.13. The van der Waals surface area contributed by atoms with Crippen molar-refractivity contribution in [3.8, 4) is 11.5 Å². The van der Waals surface area contributed by atoms with Gasteiger partial charge in [0, 0.05) is 67.4 Å². The van der Waals surface area contributed by atoms with Gasteiger partial charge in [-0.05, 0) is 74.5 Å². The van der Waals surface area contributed by atoms with Crippen molar-refractivity contribution < 1.29 is 29.0 Å². The van der Waals surface area contributed by atoms with Gasteiger partial charge in [0.1, 0.15) is 11.5 Å². The molecule has 1 aromatic heterocycles. The largest absolute Gasteiger partial charge is 0.495 e. The first-order chi connectivity index (χ1) is 23.1. The van der Waals surface area contributed by atoms with E-state index in [1.165, 1.54) is 12.0 Å². The van der Waals surface area contributed by atoms with Crippen LogP contribution in [0.15, 0.2) is 60.7 Å². The van der Waals surface area contributed by atoms with Gasteiger partial charge in [0.25, 0.3) is 11.8 Å². The van der Waals surface area contributed by atoms with Crippen molar-refractivity contribution in [1.82, 2.24) is 14.8 Å². The van der Waals surface area contributed by atoms with Gasteiger partial charge < -0.3 is 34.7 Å². The van der Waals surface area contributed by atoms with E-state index >= 15 is 0 Å². The molecule has 254 valence electrons. The maximum atomic E-state index is 13.9. The number of aryl methyl sites for hydroxylation is 1. The van der Waals surface area contributed by atoms with E-state index in [0.29, 0.717) is 64.6 Å². The molecule has 0 spiro atoms. The van der Waals surface area contributed by atoms with Gasteiger partial charge in [0.15, 0.2) is 6.29 Å². The number of hydrogen-bond donors (Lipinski definition) is 3. The van der Waals surface area contributed by atoms with Crippen LogP contribution in [0.5, 0.6) is 11.5 Å². The van der Waals surface area contributed by atoms with E-state index in [1.807, 2.05) is 31.2 Å². The van der Waals surface area contributed by atoms with Gasteiger partial charge in [-0.25, -0.2) is 0 Å². The first-order valence-electron chi connectivity index (χ1n) is 16.3. The van der Waals surface area contributed by atoms with Crippen LogP contribution in [0.2, 0.25) is 0 Å². The molecule has 2 heterocycles. The number of rotatable bonds is 13. The van der Waals surface area contributed by atoms with Gasteiger partial charge in [-0.2, -0.15) is 0 Å². The number of piperazine rings is 1. The lowest BCUT2D eigenvalue weighted by atomic mass is 10.0. The second-order valence-corrected chi connectivity index (χ2v) is 12.4. The molecule has 3 aromatic carbocycles. The molecule has 0 aliphatic carbocycles. The predicted molar refractivity (Wildman–Crippen MR) is 187 cm³/mol. The number of likely N-dealkylation sites (N-methyl/N-ethyl adjacent to an activating group) is 1. The zero-order valence-electron chi connectivity index (χ0n) is 28.3. The van der Waals surface area contributed by atoms with E-state index in [0.717, 1.165) is 43.3 Å². The maximum Gasteiger partial charge on any atom is 0.258 e. The number of carbonyl (C=O) groups excluding carboxylic acids is 3. The summed E-state index contributed by atoms with van der Waals surface area (Å²) in [5, 5.41) is 13.1. The fourth-order valence-corrected chi connectivity index (χ4v) is 6.13. The van der Waals surface area contributed by atoms with Crippen LogP contribution in [0.25, 0.3) is 10.9 Å². The average molecular weight is 656 g/mol. The number of anilines is 2. The highest BCUT2D eigenvalue weighted by Crippen LogP contribution is 2.36. The Labute approximate surface area is 281 Å². The van der Waals surface area contributed by atoms with Gasteiger partial charge in [-0.3, -0.25) is 19.3 Å². The number of aliphatic hydroxyl groups excluding tert-OH is 1. The third-order valence-electron chi connectivity index (χ3n) is 9.01. The Hall–Kier alpha value is -4.71. The molecule has 1 fully saturated rings. The Balaban J connectivity index is 1.40. The number of fused-ring (bicyclic) bond motifs is 1. The lowest BCUT2D eigenvalue weighted by Gasteiger charge is -2.44. The number of H-pyrrole nitrogens is 1. The summed E-state index contributed by atoms with van der Waals surface area (Å²) < 4.78 is 12.3. The van der Waals surface area contributed by atoms with Crippen molar-refractivity contribution in [3.05, 3.63) is 83.0 Å². The summed E-state index contributed by atoms with van der Waals surface area (Å²) in [6, 6.07) is 17.5. The van der Waals surface area contributed by atoms with Gasteiger partial charge >= 0.3 is 0 Å². The molecule has 3 N–H and O–H groups in total. The highest BCUT2D eigenvalue weighted by atomic mass is 16.5. The van der Waals surface area contributed by atoms with E-state index < -0.39 is 5.72 Å². The molecule has 0 saturated carbocycles. The smallest absolute Gasteiger partial charge is 0.258 e. The van der Waals surface area contributed by atoms with Crippen LogP contribution >= 0.6 is 0 Å². The fraction of sp³-hybridized carbons (Fsp3) is 0.378. The van der Waals surface area contributed by atoms with Crippen molar-refractivity contribution in [3.63, 3.8) is 0 Å². The number of amides is 2. The molecule has 2 amide bonds. The number of aldehydes is 1. The van der Waals surface area contributed by atoms with Gasteiger partial charge in [-0.1, -0.05) is 25.5 Å². The number of ether oxygens (including phenoxy) is 2. The Bertz CT molecular complexity index is 1780. The molecular weight excluding hydrogens is 610 g/mol. The third-order valence-corrected chi connectivity index (χ3v) is 9.01. The minimum atomic E-state index is -1.16. The Kier molecular flexibility index (Phi) is 10.8.